The molecule has 0 saturated carbocycles. The van der Waals surface area contributed by atoms with Gasteiger partial charge in [0.2, 0.25) is 5.91 Å². The highest BCUT2D eigenvalue weighted by Gasteiger charge is 2.44. The number of carbonyl (C=O) groups excluding carboxylic acids is 2. The van der Waals surface area contributed by atoms with Gasteiger partial charge in [-0.05, 0) is 25.1 Å². The van der Waals surface area contributed by atoms with Crippen LogP contribution in [0.5, 0.6) is 0 Å². The molecule has 1 aromatic rings. The number of nitrogens with two attached hydrogens (primary N) is 1. The van der Waals surface area contributed by atoms with Gasteiger partial charge < -0.3 is 20.5 Å². The molecule has 2 unspecified atom stereocenters. The van der Waals surface area contributed by atoms with Gasteiger partial charge in [-0.1, -0.05) is 0 Å². The van der Waals surface area contributed by atoms with Gasteiger partial charge in [-0.25, -0.2) is 9.18 Å². The summed E-state index contributed by atoms with van der Waals surface area (Å²) < 4.78 is 23.2. The van der Waals surface area contributed by atoms with Gasteiger partial charge in [-0.15, -0.1) is 0 Å². The van der Waals surface area contributed by atoms with Crippen LogP contribution in [-0.4, -0.2) is 38.2 Å². The van der Waals surface area contributed by atoms with Crippen molar-refractivity contribution in [3.05, 3.63) is 29.6 Å². The average molecular weight is 296 g/mol. The Morgan fingerprint density at radius 3 is 2.81 bits per heavy atom. The van der Waals surface area contributed by atoms with E-state index in [4.69, 9.17) is 10.5 Å². The number of esters is 1. The van der Waals surface area contributed by atoms with Gasteiger partial charge in [0.25, 0.3) is 0 Å². The van der Waals surface area contributed by atoms with Crippen molar-refractivity contribution in [1.82, 2.24) is 0 Å². The van der Waals surface area contributed by atoms with Crippen molar-refractivity contribution in [2.75, 3.05) is 25.6 Å². The first kappa shape index (κ1) is 15.4. The predicted molar refractivity (Wildman–Crippen MR) is 73.3 cm³/mol. The fraction of sp³-hybridized carbons (Fsp3) is 0.429. The number of amides is 1. The largest absolute Gasteiger partial charge is 0.465 e. The van der Waals surface area contributed by atoms with Crippen molar-refractivity contribution in [2.45, 2.75) is 13.0 Å². The van der Waals surface area contributed by atoms with Crippen LogP contribution in [0.3, 0.4) is 0 Å². The standard InChI is InChI=1S/C14H17FN2O4/c1-14(7-21-6-11(14)16)13(19)17-10-5-8(15)3-4-9(10)12(18)20-2/h3-5,11H,6-7,16H2,1-2H3,(H,17,19). The molecule has 1 aliphatic heterocycles. The van der Waals surface area contributed by atoms with E-state index in [9.17, 15) is 14.0 Å². The second kappa shape index (κ2) is 5.79. The van der Waals surface area contributed by atoms with Crippen molar-refractivity contribution in [2.24, 2.45) is 11.1 Å². The number of methoxy groups -OCH3 is 1. The highest BCUT2D eigenvalue weighted by molar-refractivity contribution is 6.03. The highest BCUT2D eigenvalue weighted by atomic mass is 19.1. The Balaban J connectivity index is 2.28. The molecule has 2 rings (SSSR count). The zero-order valence-electron chi connectivity index (χ0n) is 11.8. The molecule has 0 aliphatic carbocycles. The van der Waals surface area contributed by atoms with Crippen molar-refractivity contribution in [1.29, 1.82) is 0 Å². The molecule has 0 radical (unpaired) electrons. The number of halogens is 1. The molecule has 3 N–H and O–H groups in total. The number of nitrogens with one attached hydrogen (secondary N) is 1. The molecule has 1 amide bonds. The molecule has 21 heavy (non-hydrogen) atoms. The van der Waals surface area contributed by atoms with Gasteiger partial charge in [0.15, 0.2) is 0 Å². The first-order valence-corrected chi connectivity index (χ1v) is 6.41. The molecule has 0 bridgehead atoms. The summed E-state index contributed by atoms with van der Waals surface area (Å²) in [4.78, 5) is 24.0. The summed E-state index contributed by atoms with van der Waals surface area (Å²) in [5, 5.41) is 2.54. The van der Waals surface area contributed by atoms with Gasteiger partial charge in [0.1, 0.15) is 5.82 Å². The number of ether oxygens (including phenoxy) is 2. The zero-order chi connectivity index (χ0) is 15.6. The molecule has 6 nitrogen and oxygen atoms in total. The lowest BCUT2D eigenvalue weighted by Gasteiger charge is -2.25. The van der Waals surface area contributed by atoms with E-state index in [1.807, 2.05) is 0 Å². The number of benzene rings is 1. The minimum absolute atomic E-state index is 0.0483. The van der Waals surface area contributed by atoms with Gasteiger partial charge in [-0.2, -0.15) is 0 Å². The Hall–Kier alpha value is -1.99. The van der Waals surface area contributed by atoms with Crippen LogP contribution in [0.25, 0.3) is 0 Å². The van der Waals surface area contributed by atoms with Crippen LogP contribution in [0.1, 0.15) is 17.3 Å². The average Bonchev–Trinajstić information content (AvgIpc) is 2.79. The van der Waals surface area contributed by atoms with Crippen LogP contribution < -0.4 is 11.1 Å². The lowest BCUT2D eigenvalue weighted by Crippen LogP contribution is -2.47. The lowest BCUT2D eigenvalue weighted by molar-refractivity contribution is -0.125. The zero-order valence-corrected chi connectivity index (χ0v) is 11.8. The molecular weight excluding hydrogens is 279 g/mol. The van der Waals surface area contributed by atoms with E-state index in [2.05, 4.69) is 10.1 Å². The van der Waals surface area contributed by atoms with E-state index in [0.29, 0.717) is 0 Å². The number of hydrogen-bond acceptors (Lipinski definition) is 5. The summed E-state index contributed by atoms with van der Waals surface area (Å²) in [5.41, 5.74) is 5.06. The van der Waals surface area contributed by atoms with Crippen molar-refractivity contribution >= 4 is 17.6 Å². The van der Waals surface area contributed by atoms with Crippen LogP contribution in [0.4, 0.5) is 10.1 Å². The van der Waals surface area contributed by atoms with Gasteiger partial charge in [-0.3, -0.25) is 4.79 Å². The molecule has 7 heteroatoms. The number of rotatable bonds is 3. The highest BCUT2D eigenvalue weighted by Crippen LogP contribution is 2.29. The van der Waals surface area contributed by atoms with E-state index in [0.717, 1.165) is 12.1 Å². The van der Waals surface area contributed by atoms with Crippen LogP contribution in [0.2, 0.25) is 0 Å². The van der Waals surface area contributed by atoms with E-state index in [1.165, 1.54) is 13.2 Å². The minimum Gasteiger partial charge on any atom is -0.465 e. The van der Waals surface area contributed by atoms with Crippen LogP contribution in [-0.2, 0) is 14.3 Å². The molecule has 1 aromatic carbocycles. The molecule has 2 atom stereocenters. The lowest BCUT2D eigenvalue weighted by atomic mass is 9.84. The Morgan fingerprint density at radius 1 is 1.52 bits per heavy atom. The predicted octanol–water partition coefficient (Wildman–Crippen LogP) is 0.915. The summed E-state index contributed by atoms with van der Waals surface area (Å²) in [6.45, 7) is 2.11. The molecule has 1 aliphatic rings. The summed E-state index contributed by atoms with van der Waals surface area (Å²) in [5.74, 6) is -1.67. The monoisotopic (exact) mass is 296 g/mol. The van der Waals surface area contributed by atoms with Crippen molar-refractivity contribution in [3.8, 4) is 0 Å². The van der Waals surface area contributed by atoms with E-state index in [1.54, 1.807) is 6.92 Å². The van der Waals surface area contributed by atoms with Crippen LogP contribution in [0.15, 0.2) is 18.2 Å². The molecule has 1 heterocycles. The third-order valence-corrected chi connectivity index (χ3v) is 3.67. The first-order valence-electron chi connectivity index (χ1n) is 6.41. The minimum atomic E-state index is -0.931. The molecule has 114 valence electrons. The van der Waals surface area contributed by atoms with Gasteiger partial charge in [0, 0.05) is 6.04 Å². The summed E-state index contributed by atoms with van der Waals surface area (Å²) in [6.07, 6.45) is 0. The quantitative estimate of drug-likeness (QED) is 0.809. The molecule has 0 aromatic heterocycles. The smallest absolute Gasteiger partial charge is 0.339 e. The molecule has 1 saturated heterocycles. The third kappa shape index (κ3) is 2.88. The SMILES string of the molecule is COC(=O)c1ccc(F)cc1NC(=O)C1(C)COCC1N. The maximum atomic E-state index is 13.4. The van der Waals surface area contributed by atoms with Gasteiger partial charge >= 0.3 is 5.97 Å². The fourth-order valence-electron chi connectivity index (χ4n) is 2.10. The van der Waals surface area contributed by atoms with E-state index in [-0.39, 0.29) is 24.5 Å². The Bertz CT molecular complexity index is 578. The number of hydrogen-bond donors (Lipinski definition) is 2. The molecular formula is C14H17FN2O4. The second-order valence-electron chi connectivity index (χ2n) is 5.17. The van der Waals surface area contributed by atoms with Crippen LogP contribution >= 0.6 is 0 Å². The number of anilines is 1. The Kier molecular flexibility index (Phi) is 4.24. The molecule has 0 spiro atoms. The maximum Gasteiger partial charge on any atom is 0.339 e. The second-order valence-corrected chi connectivity index (χ2v) is 5.17. The third-order valence-electron chi connectivity index (χ3n) is 3.67. The van der Waals surface area contributed by atoms with E-state index < -0.39 is 29.2 Å². The van der Waals surface area contributed by atoms with Crippen molar-refractivity contribution in [3.63, 3.8) is 0 Å². The number of carbonyl (C=O) groups is 2. The fourth-order valence-corrected chi connectivity index (χ4v) is 2.10. The van der Waals surface area contributed by atoms with E-state index >= 15 is 0 Å². The molecule has 1 fully saturated rings. The topological polar surface area (TPSA) is 90.6 Å². The summed E-state index contributed by atoms with van der Waals surface area (Å²) >= 11 is 0. The Morgan fingerprint density at radius 2 is 2.24 bits per heavy atom. The van der Waals surface area contributed by atoms with Crippen molar-refractivity contribution < 1.29 is 23.5 Å². The van der Waals surface area contributed by atoms with Gasteiger partial charge in [0.05, 0.1) is 37.0 Å². The first-order chi connectivity index (χ1) is 9.88. The van der Waals surface area contributed by atoms with Crippen LogP contribution in [0, 0.1) is 11.2 Å². The normalized spacial score (nSPS) is 24.7. The Labute approximate surface area is 121 Å². The summed E-state index contributed by atoms with van der Waals surface area (Å²) in [7, 11) is 1.21. The summed E-state index contributed by atoms with van der Waals surface area (Å²) in [6, 6.07) is 2.97. The maximum absolute atomic E-state index is 13.4.